The van der Waals surface area contributed by atoms with E-state index in [1.54, 1.807) is 0 Å². The summed E-state index contributed by atoms with van der Waals surface area (Å²) in [5.41, 5.74) is 0. The van der Waals surface area contributed by atoms with Crippen LogP contribution in [0.15, 0.2) is 0 Å². The van der Waals surface area contributed by atoms with Gasteiger partial charge in [0.2, 0.25) is 0 Å². The van der Waals surface area contributed by atoms with Gasteiger partial charge in [-0.2, -0.15) is 5.26 Å². The number of ether oxygens (including phenoxy) is 1. The van der Waals surface area contributed by atoms with E-state index < -0.39 is 0 Å². The number of nitriles is 1. The Morgan fingerprint density at radius 2 is 2.36 bits per heavy atom. The first-order valence-electron chi connectivity index (χ1n) is 4.00. The molecule has 3 heteroatoms. The zero-order chi connectivity index (χ0) is 8.10. The summed E-state index contributed by atoms with van der Waals surface area (Å²) in [4.78, 5) is 0. The van der Waals surface area contributed by atoms with Crippen LogP contribution in [0.2, 0.25) is 0 Å². The molecule has 0 spiro atoms. The van der Waals surface area contributed by atoms with Gasteiger partial charge in [-0.05, 0) is 32.4 Å². The van der Waals surface area contributed by atoms with Crippen molar-refractivity contribution in [3.8, 4) is 6.07 Å². The second-order valence-electron chi connectivity index (χ2n) is 2.99. The normalized spacial score (nSPS) is 29.1. The van der Waals surface area contributed by atoms with Crippen molar-refractivity contribution in [2.24, 2.45) is 5.92 Å². The molecule has 0 unspecified atom stereocenters. The van der Waals surface area contributed by atoms with E-state index in [4.69, 9.17) is 10.00 Å². The lowest BCUT2D eigenvalue weighted by Crippen LogP contribution is -2.36. The van der Waals surface area contributed by atoms with E-state index in [2.05, 4.69) is 5.32 Å². The Kier molecular flexibility index (Phi) is 3.34. The summed E-state index contributed by atoms with van der Waals surface area (Å²) in [7, 11) is 1.96. The van der Waals surface area contributed by atoms with Gasteiger partial charge in [0.25, 0.3) is 0 Å². The summed E-state index contributed by atoms with van der Waals surface area (Å²) in [5, 5.41) is 11.3. The number of nitrogens with one attached hydrogen (secondary N) is 1. The minimum Gasteiger partial charge on any atom is -0.363 e. The van der Waals surface area contributed by atoms with Gasteiger partial charge in [-0.25, -0.2) is 0 Å². The molecule has 0 heterocycles. The molecule has 1 saturated carbocycles. The smallest absolute Gasteiger partial charge is 0.134 e. The molecule has 11 heavy (non-hydrogen) atoms. The molecule has 1 rings (SSSR count). The van der Waals surface area contributed by atoms with Gasteiger partial charge in [0.1, 0.15) is 6.61 Å². The monoisotopic (exact) mass is 154 g/mol. The molecule has 0 saturated heterocycles. The molecule has 0 aromatic carbocycles. The molecule has 0 radical (unpaired) electrons. The number of rotatable bonds is 4. The topological polar surface area (TPSA) is 45.0 Å². The Hall–Kier alpha value is -0.590. The van der Waals surface area contributed by atoms with E-state index in [0.29, 0.717) is 6.10 Å². The van der Waals surface area contributed by atoms with Crippen LogP contribution in [0.4, 0.5) is 0 Å². The highest BCUT2D eigenvalue weighted by molar-refractivity contribution is 4.82. The van der Waals surface area contributed by atoms with Crippen LogP contribution in [-0.4, -0.2) is 26.3 Å². The summed E-state index contributed by atoms with van der Waals surface area (Å²) < 4.78 is 5.21. The van der Waals surface area contributed by atoms with Crippen LogP contribution >= 0.6 is 0 Å². The molecule has 0 aromatic rings. The van der Waals surface area contributed by atoms with Crippen LogP contribution in [0.1, 0.15) is 12.8 Å². The van der Waals surface area contributed by atoms with Crippen LogP contribution in [0, 0.1) is 17.2 Å². The van der Waals surface area contributed by atoms with Crippen LogP contribution in [0.5, 0.6) is 0 Å². The maximum Gasteiger partial charge on any atom is 0.134 e. The van der Waals surface area contributed by atoms with Crippen LogP contribution in [-0.2, 0) is 4.74 Å². The molecule has 62 valence electrons. The van der Waals surface area contributed by atoms with E-state index in [9.17, 15) is 0 Å². The van der Waals surface area contributed by atoms with Gasteiger partial charge in [-0.3, -0.25) is 0 Å². The molecule has 0 aromatic heterocycles. The predicted molar refractivity (Wildman–Crippen MR) is 42.0 cm³/mol. The van der Waals surface area contributed by atoms with Crippen LogP contribution in [0.3, 0.4) is 0 Å². The first-order chi connectivity index (χ1) is 5.36. The predicted octanol–water partition coefficient (Wildman–Crippen LogP) is 0.525. The van der Waals surface area contributed by atoms with Gasteiger partial charge in [0.05, 0.1) is 12.2 Å². The van der Waals surface area contributed by atoms with E-state index in [1.807, 2.05) is 13.1 Å². The lowest BCUT2D eigenvalue weighted by atomic mass is 9.82. The molecule has 1 aliphatic carbocycles. The number of hydrogen-bond donors (Lipinski definition) is 1. The Morgan fingerprint density at radius 1 is 1.64 bits per heavy atom. The van der Waals surface area contributed by atoms with Crippen molar-refractivity contribution in [1.29, 1.82) is 5.26 Å². The SMILES string of the molecule is CNCC1CC(OCC#N)C1. The highest BCUT2D eigenvalue weighted by Crippen LogP contribution is 2.28. The molecule has 1 aliphatic rings. The molecular weight excluding hydrogens is 140 g/mol. The molecule has 0 bridgehead atoms. The third-order valence-electron chi connectivity index (χ3n) is 2.07. The van der Waals surface area contributed by atoms with Crippen molar-refractivity contribution in [3.05, 3.63) is 0 Å². The molecule has 3 nitrogen and oxygen atoms in total. The molecule has 0 amide bonds. The van der Waals surface area contributed by atoms with Gasteiger partial charge in [-0.1, -0.05) is 0 Å². The number of nitrogens with zero attached hydrogens (tertiary/aromatic N) is 1. The van der Waals surface area contributed by atoms with Gasteiger partial charge in [-0.15, -0.1) is 0 Å². The Morgan fingerprint density at radius 3 is 2.91 bits per heavy atom. The van der Waals surface area contributed by atoms with Crippen LogP contribution < -0.4 is 5.32 Å². The second-order valence-corrected chi connectivity index (χ2v) is 2.99. The lowest BCUT2D eigenvalue weighted by Gasteiger charge is -2.34. The fourth-order valence-electron chi connectivity index (χ4n) is 1.42. The lowest BCUT2D eigenvalue weighted by molar-refractivity contribution is -0.0142. The second kappa shape index (κ2) is 4.32. The maximum absolute atomic E-state index is 8.22. The fraction of sp³-hybridized carbons (Fsp3) is 0.875. The van der Waals surface area contributed by atoms with Crippen molar-refractivity contribution >= 4 is 0 Å². The molecule has 1 N–H and O–H groups in total. The summed E-state index contributed by atoms with van der Waals surface area (Å²) in [5.74, 6) is 0.767. The van der Waals surface area contributed by atoms with Gasteiger partial charge in [0.15, 0.2) is 0 Å². The molecule has 1 fully saturated rings. The third kappa shape index (κ3) is 2.49. The molecule has 0 aliphatic heterocycles. The quantitative estimate of drug-likeness (QED) is 0.642. The first kappa shape index (κ1) is 8.51. The molecule has 0 atom stereocenters. The van der Waals surface area contributed by atoms with Gasteiger partial charge in [0, 0.05) is 0 Å². The summed E-state index contributed by atoms with van der Waals surface area (Å²) >= 11 is 0. The zero-order valence-corrected chi connectivity index (χ0v) is 6.84. The Balaban J connectivity index is 1.97. The summed E-state index contributed by atoms with van der Waals surface area (Å²) in [6, 6.07) is 1.98. The van der Waals surface area contributed by atoms with E-state index in [-0.39, 0.29) is 6.61 Å². The number of hydrogen-bond acceptors (Lipinski definition) is 3. The van der Waals surface area contributed by atoms with Crippen molar-refractivity contribution in [1.82, 2.24) is 5.32 Å². The van der Waals surface area contributed by atoms with Crippen LogP contribution in [0.25, 0.3) is 0 Å². The fourth-order valence-corrected chi connectivity index (χ4v) is 1.42. The highest BCUT2D eigenvalue weighted by atomic mass is 16.5. The van der Waals surface area contributed by atoms with Crippen molar-refractivity contribution < 1.29 is 4.74 Å². The minimum absolute atomic E-state index is 0.247. The summed E-state index contributed by atoms with van der Waals surface area (Å²) in [6.07, 6.45) is 2.58. The molecular formula is C8H14N2O. The average Bonchev–Trinajstić information content (AvgIpc) is 1.94. The summed E-state index contributed by atoms with van der Waals surface area (Å²) in [6.45, 7) is 1.32. The minimum atomic E-state index is 0.247. The van der Waals surface area contributed by atoms with Gasteiger partial charge < -0.3 is 10.1 Å². The maximum atomic E-state index is 8.22. The van der Waals surface area contributed by atoms with Crippen molar-refractivity contribution in [2.45, 2.75) is 18.9 Å². The highest BCUT2D eigenvalue weighted by Gasteiger charge is 2.28. The largest absolute Gasteiger partial charge is 0.363 e. The Bertz CT molecular complexity index is 147. The zero-order valence-electron chi connectivity index (χ0n) is 6.84. The van der Waals surface area contributed by atoms with Crippen molar-refractivity contribution in [3.63, 3.8) is 0 Å². The Labute approximate surface area is 67.3 Å². The third-order valence-corrected chi connectivity index (χ3v) is 2.07. The van der Waals surface area contributed by atoms with Crippen molar-refractivity contribution in [2.75, 3.05) is 20.2 Å². The van der Waals surface area contributed by atoms with E-state index in [1.165, 1.54) is 0 Å². The van der Waals surface area contributed by atoms with E-state index in [0.717, 1.165) is 25.3 Å². The van der Waals surface area contributed by atoms with E-state index >= 15 is 0 Å². The standard InChI is InChI=1S/C8H14N2O/c1-10-6-7-4-8(5-7)11-3-2-9/h7-8,10H,3-6H2,1H3. The first-order valence-corrected chi connectivity index (χ1v) is 4.00. The average molecular weight is 154 g/mol. The van der Waals surface area contributed by atoms with Gasteiger partial charge >= 0.3 is 0 Å².